The minimum Gasteiger partial charge on any atom is -0.492 e. The van der Waals surface area contributed by atoms with Crippen LogP contribution in [-0.2, 0) is 9.59 Å². The Morgan fingerprint density at radius 2 is 2.09 bits per heavy atom. The zero-order chi connectivity index (χ0) is 15.9. The van der Waals surface area contributed by atoms with Crippen molar-refractivity contribution in [2.45, 2.75) is 31.7 Å². The van der Waals surface area contributed by atoms with E-state index < -0.39 is 17.4 Å². The predicted octanol–water partition coefficient (Wildman–Crippen LogP) is 1.86. The lowest BCUT2D eigenvalue weighted by Crippen LogP contribution is -2.56. The van der Waals surface area contributed by atoms with Crippen molar-refractivity contribution in [1.82, 2.24) is 5.32 Å². The number of benzene rings is 1. The number of ether oxygens (including phenoxy) is 1. The fourth-order valence-corrected chi connectivity index (χ4v) is 4.22. The number of thioether (sulfide) groups is 1. The fraction of sp³-hybridized carbons (Fsp3) is 0.500. The Balaban J connectivity index is 1.83. The summed E-state index contributed by atoms with van der Waals surface area (Å²) < 4.78 is 5.61. The van der Waals surface area contributed by atoms with Gasteiger partial charge in [-0.3, -0.25) is 4.79 Å². The largest absolute Gasteiger partial charge is 0.492 e. The molecule has 2 atom stereocenters. The van der Waals surface area contributed by atoms with Crippen LogP contribution in [-0.4, -0.2) is 40.6 Å². The molecule has 0 aliphatic carbocycles. The highest BCUT2D eigenvalue weighted by molar-refractivity contribution is 7.99. The molecule has 1 saturated heterocycles. The highest BCUT2D eigenvalue weighted by Gasteiger charge is 2.45. The van der Waals surface area contributed by atoms with Crippen molar-refractivity contribution in [2.75, 3.05) is 18.1 Å². The summed E-state index contributed by atoms with van der Waals surface area (Å²) in [5, 5.41) is 12.2. The van der Waals surface area contributed by atoms with Crippen LogP contribution >= 0.6 is 11.8 Å². The van der Waals surface area contributed by atoms with E-state index in [9.17, 15) is 14.7 Å². The number of nitrogens with one attached hydrogen (secondary N) is 1. The summed E-state index contributed by atoms with van der Waals surface area (Å²) in [6.07, 6.45) is 0.464. The smallest absolute Gasteiger partial charge is 0.330 e. The molecule has 6 heteroatoms. The molecule has 2 unspecified atom stereocenters. The fourth-order valence-electron chi connectivity index (χ4n) is 2.90. The van der Waals surface area contributed by atoms with Crippen molar-refractivity contribution < 1.29 is 19.4 Å². The Kier molecular flexibility index (Phi) is 3.80. The Labute approximate surface area is 133 Å². The van der Waals surface area contributed by atoms with E-state index in [1.165, 1.54) is 0 Å². The maximum absolute atomic E-state index is 12.6. The van der Waals surface area contributed by atoms with E-state index in [1.54, 1.807) is 11.8 Å². The van der Waals surface area contributed by atoms with E-state index in [0.29, 0.717) is 12.2 Å². The third kappa shape index (κ3) is 2.45. The topological polar surface area (TPSA) is 75.6 Å². The quantitative estimate of drug-likeness (QED) is 0.889. The van der Waals surface area contributed by atoms with Crippen molar-refractivity contribution in [3.8, 4) is 5.75 Å². The summed E-state index contributed by atoms with van der Waals surface area (Å²) in [5.74, 6) is 0.255. The molecule has 0 spiro atoms. The highest BCUT2D eigenvalue weighted by atomic mass is 32.2. The zero-order valence-electron chi connectivity index (χ0n) is 12.6. The number of carbonyl (C=O) groups excluding carboxylic acids is 1. The molecule has 3 rings (SSSR count). The Morgan fingerprint density at radius 3 is 2.73 bits per heavy atom. The molecule has 5 nitrogen and oxygen atoms in total. The van der Waals surface area contributed by atoms with Gasteiger partial charge in [0.25, 0.3) is 0 Å². The van der Waals surface area contributed by atoms with Gasteiger partial charge in [0.05, 0.1) is 0 Å². The Morgan fingerprint density at radius 1 is 1.36 bits per heavy atom. The number of carbonyl (C=O) groups is 2. The van der Waals surface area contributed by atoms with Gasteiger partial charge in [-0.05, 0) is 43.2 Å². The van der Waals surface area contributed by atoms with Gasteiger partial charge in [0.15, 0.2) is 0 Å². The lowest BCUT2D eigenvalue weighted by molar-refractivity contribution is -0.146. The molecule has 22 heavy (non-hydrogen) atoms. The van der Waals surface area contributed by atoms with Gasteiger partial charge >= 0.3 is 5.97 Å². The van der Waals surface area contributed by atoms with Crippen LogP contribution in [0, 0.1) is 13.8 Å². The predicted molar refractivity (Wildman–Crippen MR) is 84.6 cm³/mol. The number of carboxylic acids is 1. The molecule has 2 aliphatic rings. The summed E-state index contributed by atoms with van der Waals surface area (Å²) in [6, 6.07) is 3.91. The summed E-state index contributed by atoms with van der Waals surface area (Å²) in [6.45, 7) is 4.27. The molecule has 2 N–H and O–H groups in total. The van der Waals surface area contributed by atoms with Crippen molar-refractivity contribution in [2.24, 2.45) is 0 Å². The number of amides is 1. The maximum atomic E-state index is 12.6. The molecule has 1 amide bonds. The summed E-state index contributed by atoms with van der Waals surface area (Å²) in [7, 11) is 0. The number of hydrogen-bond donors (Lipinski definition) is 2. The number of aryl methyl sites for hydroxylation is 2. The summed E-state index contributed by atoms with van der Waals surface area (Å²) in [4.78, 5) is 24.2. The van der Waals surface area contributed by atoms with Gasteiger partial charge in [-0.25, -0.2) is 4.79 Å². The first-order valence-electron chi connectivity index (χ1n) is 7.30. The van der Waals surface area contributed by atoms with Gasteiger partial charge in [-0.1, -0.05) is 6.07 Å². The van der Waals surface area contributed by atoms with Gasteiger partial charge in [-0.15, -0.1) is 0 Å². The number of fused-ring (bicyclic) bond motifs is 1. The molecular weight excluding hydrogens is 302 g/mol. The van der Waals surface area contributed by atoms with E-state index in [1.807, 2.05) is 26.0 Å². The molecule has 0 saturated carbocycles. The van der Waals surface area contributed by atoms with E-state index in [0.717, 1.165) is 28.2 Å². The van der Waals surface area contributed by atoms with Crippen molar-refractivity contribution in [1.29, 1.82) is 0 Å². The van der Waals surface area contributed by atoms with Crippen molar-refractivity contribution in [3.05, 3.63) is 28.8 Å². The standard InChI is InChI=1S/C16H19NO4S/c1-9-5-11-12(7-21-13(11)6-10(9)2)14(18)17-16(15(19)20)3-4-22-8-16/h5-6,12H,3-4,7-8H2,1-2H3,(H,17,18)(H,19,20). The Bertz CT molecular complexity index is 637. The minimum absolute atomic E-state index is 0.257. The second-order valence-corrected chi connectivity index (χ2v) is 7.12. The van der Waals surface area contributed by atoms with Crippen LogP contribution in [0.3, 0.4) is 0 Å². The van der Waals surface area contributed by atoms with Crippen LogP contribution < -0.4 is 10.1 Å². The molecule has 1 aromatic carbocycles. The van der Waals surface area contributed by atoms with Gasteiger partial charge in [-0.2, -0.15) is 11.8 Å². The summed E-state index contributed by atoms with van der Waals surface area (Å²) >= 11 is 1.56. The maximum Gasteiger partial charge on any atom is 0.330 e. The van der Waals surface area contributed by atoms with Crippen LogP contribution in [0.2, 0.25) is 0 Å². The van der Waals surface area contributed by atoms with Crippen LogP contribution in [0.4, 0.5) is 0 Å². The first kappa shape index (κ1) is 15.2. The van der Waals surface area contributed by atoms with Gasteiger partial charge in [0.1, 0.15) is 23.8 Å². The normalized spacial score (nSPS) is 26.4. The first-order chi connectivity index (χ1) is 10.4. The average Bonchev–Trinajstić information content (AvgIpc) is 3.07. The second-order valence-electron chi connectivity index (χ2n) is 6.02. The highest BCUT2D eigenvalue weighted by Crippen LogP contribution is 2.37. The van der Waals surface area contributed by atoms with Crippen LogP contribution in [0.15, 0.2) is 12.1 Å². The zero-order valence-corrected chi connectivity index (χ0v) is 13.5. The summed E-state index contributed by atoms with van der Waals surface area (Å²) in [5.41, 5.74) is 1.94. The van der Waals surface area contributed by atoms with E-state index in [2.05, 4.69) is 5.32 Å². The lowest BCUT2D eigenvalue weighted by Gasteiger charge is -2.26. The van der Waals surface area contributed by atoms with Crippen molar-refractivity contribution >= 4 is 23.6 Å². The van der Waals surface area contributed by atoms with Crippen molar-refractivity contribution in [3.63, 3.8) is 0 Å². The molecule has 2 heterocycles. The molecule has 2 aliphatic heterocycles. The first-order valence-corrected chi connectivity index (χ1v) is 8.45. The van der Waals surface area contributed by atoms with E-state index in [-0.39, 0.29) is 12.5 Å². The molecule has 0 aromatic heterocycles. The minimum atomic E-state index is -1.13. The number of hydrogen-bond acceptors (Lipinski definition) is 4. The van der Waals surface area contributed by atoms with E-state index in [4.69, 9.17) is 4.74 Å². The van der Waals surface area contributed by atoms with Gasteiger partial charge < -0.3 is 15.2 Å². The monoisotopic (exact) mass is 321 g/mol. The molecule has 118 valence electrons. The number of carboxylic acid groups (broad SMARTS) is 1. The van der Waals surface area contributed by atoms with Crippen LogP contribution in [0.5, 0.6) is 5.75 Å². The molecular formula is C16H19NO4S. The SMILES string of the molecule is Cc1cc2c(cc1C)C(C(=O)NC1(C(=O)O)CCSC1)CO2. The van der Waals surface area contributed by atoms with Crippen LogP contribution in [0.1, 0.15) is 29.0 Å². The Hall–Kier alpha value is -1.69. The third-order valence-corrected chi connectivity index (χ3v) is 5.71. The van der Waals surface area contributed by atoms with E-state index >= 15 is 0 Å². The number of rotatable bonds is 3. The third-order valence-electron chi connectivity index (χ3n) is 4.52. The van der Waals surface area contributed by atoms with Crippen LogP contribution in [0.25, 0.3) is 0 Å². The second kappa shape index (κ2) is 5.50. The van der Waals surface area contributed by atoms with Gasteiger partial charge in [0.2, 0.25) is 5.91 Å². The molecule has 0 bridgehead atoms. The molecule has 1 aromatic rings. The molecule has 0 radical (unpaired) electrons. The lowest BCUT2D eigenvalue weighted by atomic mass is 9.93. The average molecular weight is 321 g/mol. The van der Waals surface area contributed by atoms with Gasteiger partial charge in [0, 0.05) is 11.3 Å². The number of aliphatic carboxylic acids is 1. The molecule has 1 fully saturated rings.